The lowest BCUT2D eigenvalue weighted by atomic mass is 10.2. The summed E-state index contributed by atoms with van der Waals surface area (Å²) in [5.74, 6) is -0.648. The van der Waals surface area contributed by atoms with Crippen LogP contribution in [0, 0.1) is 0 Å². The van der Waals surface area contributed by atoms with Crippen LogP contribution in [-0.4, -0.2) is 50.1 Å². The van der Waals surface area contributed by atoms with Gasteiger partial charge in [-0.2, -0.15) is 0 Å². The fourth-order valence-electron chi connectivity index (χ4n) is 1.01. The molecule has 0 aliphatic carbocycles. The number of ether oxygens (including phenoxy) is 1. The molecule has 0 aromatic rings. The first-order valence-corrected chi connectivity index (χ1v) is 4.54. The summed E-state index contributed by atoms with van der Waals surface area (Å²) in [6.45, 7) is 4.62. The Morgan fingerprint density at radius 1 is 1.50 bits per heavy atom. The fourth-order valence-corrected chi connectivity index (χ4v) is 1.01. The maximum absolute atomic E-state index is 11.2. The average molecular weight is 202 g/mol. The Kier molecular flexibility index (Phi) is 5.87. The topological polar surface area (TPSA) is 58.6 Å². The van der Waals surface area contributed by atoms with Gasteiger partial charge in [-0.3, -0.25) is 4.79 Å². The highest BCUT2D eigenvalue weighted by Crippen LogP contribution is 1.92. The van der Waals surface area contributed by atoms with E-state index in [0.29, 0.717) is 6.54 Å². The van der Waals surface area contributed by atoms with Crippen molar-refractivity contribution < 1.29 is 14.3 Å². The number of amides is 1. The summed E-state index contributed by atoms with van der Waals surface area (Å²) in [4.78, 5) is 24.0. The number of nitrogens with zero attached hydrogens (tertiary/aromatic N) is 1. The molecular formula is C9H18N2O3. The van der Waals surface area contributed by atoms with Crippen molar-refractivity contribution >= 4 is 11.9 Å². The molecule has 0 saturated carbocycles. The monoisotopic (exact) mass is 202 g/mol. The zero-order valence-electron chi connectivity index (χ0n) is 9.16. The van der Waals surface area contributed by atoms with Gasteiger partial charge in [0.2, 0.25) is 5.91 Å². The Bertz CT molecular complexity index is 206. The number of hydrogen-bond acceptors (Lipinski definition) is 4. The van der Waals surface area contributed by atoms with E-state index in [9.17, 15) is 9.59 Å². The van der Waals surface area contributed by atoms with E-state index < -0.39 is 12.0 Å². The molecule has 14 heavy (non-hydrogen) atoms. The minimum atomic E-state index is -0.581. The zero-order chi connectivity index (χ0) is 11.1. The van der Waals surface area contributed by atoms with Crippen LogP contribution >= 0.6 is 0 Å². The molecule has 0 radical (unpaired) electrons. The summed E-state index contributed by atoms with van der Waals surface area (Å²) in [6, 6.07) is -0.581. The number of carbonyl (C=O) groups excluding carboxylic acids is 2. The van der Waals surface area contributed by atoms with Crippen LogP contribution in [0.5, 0.6) is 0 Å². The predicted octanol–water partition coefficient (Wildman–Crippen LogP) is -0.384. The lowest BCUT2D eigenvalue weighted by Crippen LogP contribution is -2.47. The van der Waals surface area contributed by atoms with E-state index in [1.165, 1.54) is 14.0 Å². The molecule has 0 heterocycles. The van der Waals surface area contributed by atoms with Gasteiger partial charge in [0.05, 0.1) is 7.11 Å². The Hall–Kier alpha value is -1.10. The second kappa shape index (κ2) is 6.37. The number of rotatable bonds is 5. The molecule has 1 atom stereocenters. The minimum absolute atomic E-state index is 0.232. The molecule has 0 saturated heterocycles. The molecule has 5 nitrogen and oxygen atoms in total. The zero-order valence-corrected chi connectivity index (χ0v) is 9.16. The van der Waals surface area contributed by atoms with Crippen molar-refractivity contribution in [3.05, 3.63) is 0 Å². The molecule has 0 aliphatic heterocycles. The van der Waals surface area contributed by atoms with Crippen LogP contribution < -0.4 is 5.32 Å². The van der Waals surface area contributed by atoms with E-state index in [-0.39, 0.29) is 5.91 Å². The van der Waals surface area contributed by atoms with E-state index in [4.69, 9.17) is 0 Å². The number of hydrogen-bond donors (Lipinski definition) is 1. The first-order chi connectivity index (χ1) is 6.51. The number of likely N-dealkylation sites (N-methyl/N-ethyl adjacent to an activating group) is 1. The number of methoxy groups -OCH3 is 1. The standard InChI is InChI=1S/C9H18N2O3/c1-5-11(3)6-8(9(13)14-4)10-7(2)12/h8H,5-6H2,1-4H3,(H,10,12). The van der Waals surface area contributed by atoms with Crippen LogP contribution in [0.15, 0.2) is 0 Å². The third kappa shape index (κ3) is 4.81. The summed E-state index contributed by atoms with van der Waals surface area (Å²) in [6.07, 6.45) is 0. The Morgan fingerprint density at radius 2 is 2.07 bits per heavy atom. The summed E-state index contributed by atoms with van der Waals surface area (Å²) in [5.41, 5.74) is 0. The Labute approximate surface area is 84.4 Å². The molecule has 82 valence electrons. The summed E-state index contributed by atoms with van der Waals surface area (Å²) in [7, 11) is 3.18. The smallest absolute Gasteiger partial charge is 0.329 e. The van der Waals surface area contributed by atoms with Crippen LogP contribution in [0.1, 0.15) is 13.8 Å². The first kappa shape index (κ1) is 12.9. The maximum Gasteiger partial charge on any atom is 0.329 e. The largest absolute Gasteiger partial charge is 0.467 e. The third-order valence-electron chi connectivity index (χ3n) is 1.90. The highest BCUT2D eigenvalue weighted by molar-refractivity contribution is 5.83. The second-order valence-electron chi connectivity index (χ2n) is 3.13. The van der Waals surface area contributed by atoms with Gasteiger partial charge in [-0.15, -0.1) is 0 Å². The van der Waals surface area contributed by atoms with Crippen LogP contribution in [0.25, 0.3) is 0 Å². The lowest BCUT2D eigenvalue weighted by molar-refractivity contribution is -0.145. The third-order valence-corrected chi connectivity index (χ3v) is 1.90. The molecule has 0 aliphatic rings. The van der Waals surface area contributed by atoms with Crippen molar-refractivity contribution in [1.82, 2.24) is 10.2 Å². The summed E-state index contributed by atoms with van der Waals surface area (Å²) in [5, 5.41) is 2.54. The summed E-state index contributed by atoms with van der Waals surface area (Å²) >= 11 is 0. The molecule has 1 unspecified atom stereocenters. The van der Waals surface area contributed by atoms with Crippen LogP contribution in [0.2, 0.25) is 0 Å². The van der Waals surface area contributed by atoms with Crippen molar-refractivity contribution in [2.75, 3.05) is 27.2 Å². The van der Waals surface area contributed by atoms with Gasteiger partial charge in [0.15, 0.2) is 0 Å². The Balaban J connectivity index is 4.24. The van der Waals surface area contributed by atoms with Gasteiger partial charge in [-0.25, -0.2) is 4.79 Å². The van der Waals surface area contributed by atoms with Crippen LogP contribution in [0.3, 0.4) is 0 Å². The van der Waals surface area contributed by atoms with Crippen molar-refractivity contribution in [3.63, 3.8) is 0 Å². The average Bonchev–Trinajstić information content (AvgIpc) is 2.14. The van der Waals surface area contributed by atoms with Gasteiger partial charge in [-0.05, 0) is 13.6 Å². The van der Waals surface area contributed by atoms with Crippen LogP contribution in [0.4, 0.5) is 0 Å². The molecule has 0 bridgehead atoms. The van der Waals surface area contributed by atoms with E-state index in [1.807, 2.05) is 18.9 Å². The summed E-state index contributed by atoms with van der Waals surface area (Å²) < 4.78 is 4.58. The minimum Gasteiger partial charge on any atom is -0.467 e. The molecule has 0 aromatic carbocycles. The van der Waals surface area contributed by atoms with Gasteiger partial charge < -0.3 is 15.0 Å². The molecule has 0 spiro atoms. The number of carbonyl (C=O) groups is 2. The van der Waals surface area contributed by atoms with Gasteiger partial charge in [0.25, 0.3) is 0 Å². The molecule has 0 rings (SSSR count). The SMILES string of the molecule is CCN(C)CC(NC(C)=O)C(=O)OC. The van der Waals surface area contributed by atoms with E-state index in [2.05, 4.69) is 10.1 Å². The van der Waals surface area contributed by atoms with E-state index in [0.717, 1.165) is 6.54 Å². The van der Waals surface area contributed by atoms with Crippen LogP contribution in [-0.2, 0) is 14.3 Å². The van der Waals surface area contributed by atoms with Gasteiger partial charge in [-0.1, -0.05) is 6.92 Å². The quantitative estimate of drug-likeness (QED) is 0.617. The molecular weight excluding hydrogens is 184 g/mol. The van der Waals surface area contributed by atoms with E-state index in [1.54, 1.807) is 0 Å². The molecule has 5 heteroatoms. The van der Waals surface area contributed by atoms with Gasteiger partial charge >= 0.3 is 5.97 Å². The van der Waals surface area contributed by atoms with Gasteiger partial charge in [0.1, 0.15) is 6.04 Å². The van der Waals surface area contributed by atoms with Crippen molar-refractivity contribution in [1.29, 1.82) is 0 Å². The number of esters is 1. The normalized spacial score (nSPS) is 12.4. The molecule has 0 fully saturated rings. The highest BCUT2D eigenvalue weighted by Gasteiger charge is 2.20. The second-order valence-corrected chi connectivity index (χ2v) is 3.13. The Morgan fingerprint density at radius 3 is 2.43 bits per heavy atom. The van der Waals surface area contributed by atoms with E-state index >= 15 is 0 Å². The maximum atomic E-state index is 11.2. The van der Waals surface area contributed by atoms with Gasteiger partial charge in [0, 0.05) is 13.5 Å². The van der Waals surface area contributed by atoms with Crippen molar-refractivity contribution in [2.24, 2.45) is 0 Å². The highest BCUT2D eigenvalue weighted by atomic mass is 16.5. The van der Waals surface area contributed by atoms with Crippen molar-refractivity contribution in [3.8, 4) is 0 Å². The molecule has 1 amide bonds. The van der Waals surface area contributed by atoms with Crippen molar-refractivity contribution in [2.45, 2.75) is 19.9 Å². The lowest BCUT2D eigenvalue weighted by Gasteiger charge is -2.21. The predicted molar refractivity (Wildman–Crippen MR) is 52.8 cm³/mol. The first-order valence-electron chi connectivity index (χ1n) is 4.54. The molecule has 0 aromatic heterocycles. The molecule has 1 N–H and O–H groups in total. The fraction of sp³-hybridized carbons (Fsp3) is 0.778. The number of nitrogens with one attached hydrogen (secondary N) is 1.